The van der Waals surface area contributed by atoms with E-state index in [0.717, 1.165) is 6.54 Å². The molecule has 3 heteroatoms. The van der Waals surface area contributed by atoms with Gasteiger partial charge in [0.1, 0.15) is 0 Å². The summed E-state index contributed by atoms with van der Waals surface area (Å²) < 4.78 is 0. The van der Waals surface area contributed by atoms with Crippen molar-refractivity contribution in [2.24, 2.45) is 5.73 Å². The molecule has 1 unspecified atom stereocenters. The number of unbranched alkanes of at least 4 members (excludes halogenated alkanes) is 8. The molecule has 4 N–H and O–H groups in total. The van der Waals surface area contributed by atoms with Crippen LogP contribution >= 0.6 is 0 Å². The third-order valence-electron chi connectivity index (χ3n) is 4.04. The van der Waals surface area contributed by atoms with Crippen LogP contribution in [0.3, 0.4) is 0 Å². The molecule has 0 bridgehead atoms. The number of hydrogen-bond donors (Lipinski definition) is 3. The molecule has 0 fully saturated rings. The van der Waals surface area contributed by atoms with Crippen LogP contribution in [0.2, 0.25) is 0 Å². The minimum Gasteiger partial charge on any atom is -0.330 e. The van der Waals surface area contributed by atoms with Crippen molar-refractivity contribution in [2.75, 3.05) is 26.7 Å². The lowest BCUT2D eigenvalue weighted by Crippen LogP contribution is -2.23. The second kappa shape index (κ2) is 16.9. The molecule has 0 aromatic carbocycles. The molecule has 1 atom stereocenters. The second-order valence-electron chi connectivity index (χ2n) is 6.05. The van der Waals surface area contributed by atoms with Gasteiger partial charge < -0.3 is 16.4 Å². The fourth-order valence-corrected chi connectivity index (χ4v) is 2.43. The number of rotatable bonds is 16. The van der Waals surface area contributed by atoms with E-state index in [9.17, 15) is 0 Å². The highest BCUT2D eigenvalue weighted by atomic mass is 14.9. The highest BCUT2D eigenvalue weighted by Crippen LogP contribution is 2.09. The first-order chi connectivity index (χ1) is 9.81. The Labute approximate surface area is 127 Å². The molecule has 0 aromatic rings. The molecule has 0 aliphatic rings. The van der Waals surface area contributed by atoms with Crippen LogP contribution in [0.15, 0.2) is 0 Å². The molecule has 0 saturated heterocycles. The van der Waals surface area contributed by atoms with Crippen LogP contribution in [0.4, 0.5) is 0 Å². The molecule has 0 rings (SSSR count). The van der Waals surface area contributed by atoms with Gasteiger partial charge in [-0.25, -0.2) is 0 Å². The fourth-order valence-electron chi connectivity index (χ4n) is 2.43. The summed E-state index contributed by atoms with van der Waals surface area (Å²) in [7, 11) is 2.04. The second-order valence-corrected chi connectivity index (χ2v) is 6.05. The van der Waals surface area contributed by atoms with Gasteiger partial charge in [0.05, 0.1) is 0 Å². The van der Waals surface area contributed by atoms with Gasteiger partial charge in [-0.15, -0.1) is 0 Å². The van der Waals surface area contributed by atoms with Crippen LogP contribution in [0, 0.1) is 0 Å². The third kappa shape index (κ3) is 15.9. The molecular formula is C17H39N3. The molecule has 0 aliphatic carbocycles. The van der Waals surface area contributed by atoms with Gasteiger partial charge >= 0.3 is 0 Å². The van der Waals surface area contributed by atoms with E-state index in [2.05, 4.69) is 17.6 Å². The molecule has 0 saturated carbocycles. The summed E-state index contributed by atoms with van der Waals surface area (Å²) in [5, 5.41) is 6.83. The topological polar surface area (TPSA) is 50.1 Å². The average Bonchev–Trinajstić information content (AvgIpc) is 2.47. The molecule has 0 heterocycles. The van der Waals surface area contributed by atoms with Crippen molar-refractivity contribution in [1.82, 2.24) is 10.6 Å². The molecule has 0 spiro atoms. The first-order valence-electron chi connectivity index (χ1n) is 8.89. The standard InChI is InChI=1S/C17H39N3/c1-17(19-2)13-12-16-20-15-11-9-7-5-3-4-6-8-10-14-18/h17,19-20H,3-16,18H2,1-2H3. The monoisotopic (exact) mass is 285 g/mol. The maximum absolute atomic E-state index is 5.48. The van der Waals surface area contributed by atoms with Gasteiger partial charge in [0.25, 0.3) is 0 Å². The van der Waals surface area contributed by atoms with Crippen LogP contribution in [-0.2, 0) is 0 Å². The van der Waals surface area contributed by atoms with Gasteiger partial charge in [0, 0.05) is 6.04 Å². The van der Waals surface area contributed by atoms with Crippen LogP contribution in [0.25, 0.3) is 0 Å². The Bertz CT molecular complexity index is 174. The maximum Gasteiger partial charge on any atom is 0.00361 e. The Hall–Kier alpha value is -0.120. The van der Waals surface area contributed by atoms with Gasteiger partial charge in [-0.3, -0.25) is 0 Å². The SMILES string of the molecule is CNC(C)CCCNCCCCCCCCCCCN. The van der Waals surface area contributed by atoms with Crippen molar-refractivity contribution in [2.45, 2.75) is 83.6 Å². The van der Waals surface area contributed by atoms with Crippen molar-refractivity contribution in [3.63, 3.8) is 0 Å². The van der Waals surface area contributed by atoms with Crippen molar-refractivity contribution >= 4 is 0 Å². The summed E-state index contributed by atoms with van der Waals surface area (Å²) in [6.45, 7) is 5.48. The Morgan fingerprint density at radius 1 is 0.750 bits per heavy atom. The van der Waals surface area contributed by atoms with E-state index in [1.54, 1.807) is 0 Å². The van der Waals surface area contributed by atoms with Crippen molar-refractivity contribution in [3.05, 3.63) is 0 Å². The predicted octanol–water partition coefficient (Wildman–Crippen LogP) is 3.43. The minimum absolute atomic E-state index is 0.654. The molecule has 20 heavy (non-hydrogen) atoms. The molecule has 0 amide bonds. The van der Waals surface area contributed by atoms with Crippen molar-refractivity contribution in [1.29, 1.82) is 0 Å². The normalized spacial score (nSPS) is 12.8. The van der Waals surface area contributed by atoms with E-state index in [-0.39, 0.29) is 0 Å². The quantitative estimate of drug-likeness (QED) is 0.381. The van der Waals surface area contributed by atoms with Gasteiger partial charge in [-0.1, -0.05) is 44.9 Å². The zero-order chi connectivity index (χ0) is 14.9. The number of nitrogens with one attached hydrogen (secondary N) is 2. The molecule has 122 valence electrons. The largest absolute Gasteiger partial charge is 0.330 e. The summed E-state index contributed by atoms with van der Waals surface area (Å²) in [6.07, 6.45) is 14.9. The van der Waals surface area contributed by atoms with E-state index in [1.807, 2.05) is 7.05 Å². The van der Waals surface area contributed by atoms with Crippen molar-refractivity contribution < 1.29 is 0 Å². The lowest BCUT2D eigenvalue weighted by atomic mass is 10.1. The summed E-state index contributed by atoms with van der Waals surface area (Å²) in [6, 6.07) is 0.654. The van der Waals surface area contributed by atoms with Crippen LogP contribution in [0.5, 0.6) is 0 Å². The Morgan fingerprint density at radius 2 is 1.25 bits per heavy atom. The first kappa shape index (κ1) is 19.9. The highest BCUT2D eigenvalue weighted by molar-refractivity contribution is 4.58. The lowest BCUT2D eigenvalue weighted by molar-refractivity contribution is 0.508. The van der Waals surface area contributed by atoms with E-state index < -0.39 is 0 Å². The Balaban J connectivity index is 2.96. The molecule has 3 nitrogen and oxygen atoms in total. The Kier molecular flexibility index (Phi) is 16.8. The van der Waals surface area contributed by atoms with Gasteiger partial charge in [0.2, 0.25) is 0 Å². The highest BCUT2D eigenvalue weighted by Gasteiger charge is 1.97. The molecule has 0 aliphatic heterocycles. The number of nitrogens with two attached hydrogens (primary N) is 1. The van der Waals surface area contributed by atoms with Gasteiger partial charge in [-0.2, -0.15) is 0 Å². The van der Waals surface area contributed by atoms with Crippen LogP contribution in [-0.4, -0.2) is 32.7 Å². The van der Waals surface area contributed by atoms with E-state index >= 15 is 0 Å². The van der Waals surface area contributed by atoms with Gasteiger partial charge in [-0.05, 0) is 59.3 Å². The van der Waals surface area contributed by atoms with Crippen molar-refractivity contribution in [3.8, 4) is 0 Å². The minimum atomic E-state index is 0.654. The molecule has 0 aromatic heterocycles. The van der Waals surface area contributed by atoms with E-state index in [1.165, 1.54) is 83.7 Å². The van der Waals surface area contributed by atoms with E-state index in [4.69, 9.17) is 5.73 Å². The fraction of sp³-hybridized carbons (Fsp3) is 1.00. The molecular weight excluding hydrogens is 246 g/mol. The summed E-state index contributed by atoms with van der Waals surface area (Å²) in [4.78, 5) is 0. The molecule has 0 radical (unpaired) electrons. The zero-order valence-electron chi connectivity index (χ0n) is 14.1. The maximum atomic E-state index is 5.48. The summed E-state index contributed by atoms with van der Waals surface area (Å²) in [5.74, 6) is 0. The third-order valence-corrected chi connectivity index (χ3v) is 4.04. The lowest BCUT2D eigenvalue weighted by Gasteiger charge is -2.10. The van der Waals surface area contributed by atoms with Crippen LogP contribution in [0.1, 0.15) is 77.6 Å². The summed E-state index contributed by atoms with van der Waals surface area (Å²) in [5.41, 5.74) is 5.48. The zero-order valence-corrected chi connectivity index (χ0v) is 14.1. The predicted molar refractivity (Wildman–Crippen MR) is 91.2 cm³/mol. The van der Waals surface area contributed by atoms with Gasteiger partial charge in [0.15, 0.2) is 0 Å². The average molecular weight is 286 g/mol. The van der Waals surface area contributed by atoms with Crippen LogP contribution < -0.4 is 16.4 Å². The summed E-state index contributed by atoms with van der Waals surface area (Å²) >= 11 is 0. The van der Waals surface area contributed by atoms with E-state index in [0.29, 0.717) is 6.04 Å². The number of hydrogen-bond acceptors (Lipinski definition) is 3. The first-order valence-corrected chi connectivity index (χ1v) is 8.89. The smallest absolute Gasteiger partial charge is 0.00361 e. The Morgan fingerprint density at radius 3 is 1.80 bits per heavy atom.